The Balaban J connectivity index is 2.52. The SMILES string of the molecule is CCN(CC)CCNC(=O)Nc1ccc(Cl)c([N+](=O)[O-])c1. The van der Waals surface area contributed by atoms with Crippen molar-refractivity contribution in [2.45, 2.75) is 13.8 Å². The molecule has 2 amide bonds. The van der Waals surface area contributed by atoms with Gasteiger partial charge in [0.05, 0.1) is 4.92 Å². The highest BCUT2D eigenvalue weighted by Crippen LogP contribution is 2.27. The molecule has 0 aliphatic heterocycles. The fourth-order valence-electron chi connectivity index (χ4n) is 1.77. The molecule has 1 aromatic carbocycles. The minimum absolute atomic E-state index is 0.0347. The number of nitro groups is 1. The summed E-state index contributed by atoms with van der Waals surface area (Å²) in [6.45, 7) is 7.20. The Labute approximate surface area is 128 Å². The highest BCUT2D eigenvalue weighted by molar-refractivity contribution is 6.32. The van der Waals surface area contributed by atoms with Gasteiger partial charge in [-0.15, -0.1) is 0 Å². The van der Waals surface area contributed by atoms with Gasteiger partial charge in [0.25, 0.3) is 5.69 Å². The Morgan fingerprint density at radius 1 is 1.38 bits per heavy atom. The number of halogens is 1. The van der Waals surface area contributed by atoms with Crippen molar-refractivity contribution >= 4 is 29.0 Å². The van der Waals surface area contributed by atoms with E-state index < -0.39 is 11.0 Å². The van der Waals surface area contributed by atoms with Gasteiger partial charge in [-0.05, 0) is 25.2 Å². The van der Waals surface area contributed by atoms with Gasteiger partial charge in [-0.25, -0.2) is 4.79 Å². The number of urea groups is 1. The van der Waals surface area contributed by atoms with Crippen LogP contribution in [0.3, 0.4) is 0 Å². The Kier molecular flexibility index (Phi) is 6.90. The Hall–Kier alpha value is -1.86. The molecule has 2 N–H and O–H groups in total. The van der Waals surface area contributed by atoms with E-state index >= 15 is 0 Å². The van der Waals surface area contributed by atoms with Gasteiger partial charge in [-0.2, -0.15) is 0 Å². The summed E-state index contributed by atoms with van der Waals surface area (Å²) in [5.41, 5.74) is 0.0871. The van der Waals surface area contributed by atoms with Crippen LogP contribution in [0.1, 0.15) is 13.8 Å². The number of nitro benzene ring substituents is 1. The zero-order chi connectivity index (χ0) is 15.8. The number of anilines is 1. The molecule has 0 atom stereocenters. The van der Waals surface area contributed by atoms with Gasteiger partial charge in [-0.1, -0.05) is 25.4 Å². The summed E-state index contributed by atoms with van der Waals surface area (Å²) in [5, 5.41) is 16.0. The van der Waals surface area contributed by atoms with Crippen molar-refractivity contribution in [3.63, 3.8) is 0 Å². The molecule has 0 radical (unpaired) electrons. The standard InChI is InChI=1S/C13H19ClN4O3/c1-3-17(4-2)8-7-15-13(19)16-10-5-6-11(14)12(9-10)18(20)21/h5-6,9H,3-4,7-8H2,1-2H3,(H2,15,16,19). The molecule has 0 aliphatic carbocycles. The summed E-state index contributed by atoms with van der Waals surface area (Å²) in [5.74, 6) is 0. The lowest BCUT2D eigenvalue weighted by atomic mass is 10.3. The van der Waals surface area contributed by atoms with Crippen LogP contribution in [0.2, 0.25) is 5.02 Å². The molecule has 1 aromatic rings. The third-order valence-electron chi connectivity index (χ3n) is 3.01. The highest BCUT2D eigenvalue weighted by Gasteiger charge is 2.13. The van der Waals surface area contributed by atoms with Crippen molar-refractivity contribution in [2.24, 2.45) is 0 Å². The number of nitrogens with zero attached hydrogens (tertiary/aromatic N) is 2. The highest BCUT2D eigenvalue weighted by atomic mass is 35.5. The first-order valence-electron chi connectivity index (χ1n) is 6.69. The average molecular weight is 315 g/mol. The van der Waals surface area contributed by atoms with Gasteiger partial charge in [0, 0.05) is 24.8 Å². The zero-order valence-electron chi connectivity index (χ0n) is 12.1. The number of benzene rings is 1. The molecular weight excluding hydrogens is 296 g/mol. The Bertz CT molecular complexity index is 506. The van der Waals surface area contributed by atoms with Gasteiger partial charge < -0.3 is 15.5 Å². The fraction of sp³-hybridized carbons (Fsp3) is 0.462. The van der Waals surface area contributed by atoms with E-state index in [1.165, 1.54) is 18.2 Å². The van der Waals surface area contributed by atoms with Crippen molar-refractivity contribution < 1.29 is 9.72 Å². The van der Waals surface area contributed by atoms with Gasteiger partial charge >= 0.3 is 6.03 Å². The quantitative estimate of drug-likeness (QED) is 0.598. The zero-order valence-corrected chi connectivity index (χ0v) is 12.8. The summed E-state index contributed by atoms with van der Waals surface area (Å²) in [6, 6.07) is 3.72. The van der Waals surface area contributed by atoms with E-state index in [9.17, 15) is 14.9 Å². The molecule has 0 unspecified atom stereocenters. The third kappa shape index (κ3) is 5.57. The fourth-order valence-corrected chi connectivity index (χ4v) is 1.96. The lowest BCUT2D eigenvalue weighted by Gasteiger charge is -2.18. The largest absolute Gasteiger partial charge is 0.337 e. The van der Waals surface area contributed by atoms with E-state index in [0.717, 1.165) is 19.6 Å². The number of nitrogens with one attached hydrogen (secondary N) is 2. The first-order valence-corrected chi connectivity index (χ1v) is 7.06. The number of rotatable bonds is 7. The van der Waals surface area contributed by atoms with Gasteiger partial charge in [0.15, 0.2) is 0 Å². The molecule has 0 aliphatic rings. The van der Waals surface area contributed by atoms with Crippen LogP contribution in [0.5, 0.6) is 0 Å². The van der Waals surface area contributed by atoms with Crippen LogP contribution in [0, 0.1) is 10.1 Å². The van der Waals surface area contributed by atoms with E-state index in [-0.39, 0.29) is 10.7 Å². The molecule has 116 valence electrons. The predicted molar refractivity (Wildman–Crippen MR) is 82.9 cm³/mol. The van der Waals surface area contributed by atoms with Crippen molar-refractivity contribution in [1.82, 2.24) is 10.2 Å². The normalized spacial score (nSPS) is 10.5. The molecular formula is C13H19ClN4O3. The molecule has 0 saturated heterocycles. The monoisotopic (exact) mass is 314 g/mol. The summed E-state index contributed by atoms with van der Waals surface area (Å²) >= 11 is 5.70. The molecule has 0 bridgehead atoms. The van der Waals surface area contributed by atoms with Crippen LogP contribution >= 0.6 is 11.6 Å². The van der Waals surface area contributed by atoms with Crippen LogP contribution in [-0.2, 0) is 0 Å². The molecule has 21 heavy (non-hydrogen) atoms. The molecule has 0 saturated carbocycles. The number of likely N-dealkylation sites (N-methyl/N-ethyl adjacent to an activating group) is 1. The smallest absolute Gasteiger partial charge is 0.319 e. The first kappa shape index (κ1) is 17.2. The summed E-state index contributed by atoms with van der Waals surface area (Å²) < 4.78 is 0. The van der Waals surface area contributed by atoms with Crippen LogP contribution in [0.25, 0.3) is 0 Å². The van der Waals surface area contributed by atoms with Gasteiger partial charge in [0.2, 0.25) is 0 Å². The third-order valence-corrected chi connectivity index (χ3v) is 3.33. The second-order valence-electron chi connectivity index (χ2n) is 4.33. The minimum Gasteiger partial charge on any atom is -0.337 e. The van der Waals surface area contributed by atoms with E-state index in [0.29, 0.717) is 12.2 Å². The molecule has 1 rings (SSSR count). The molecule has 0 fully saturated rings. The second-order valence-corrected chi connectivity index (χ2v) is 4.74. The van der Waals surface area contributed by atoms with Crippen LogP contribution in [0.4, 0.5) is 16.2 Å². The predicted octanol–water partition coefficient (Wildman–Crippen LogP) is 2.71. The van der Waals surface area contributed by atoms with E-state index in [2.05, 4.69) is 29.4 Å². The Morgan fingerprint density at radius 3 is 2.62 bits per heavy atom. The lowest BCUT2D eigenvalue weighted by molar-refractivity contribution is -0.384. The maximum absolute atomic E-state index is 11.7. The molecule has 0 heterocycles. The molecule has 0 aromatic heterocycles. The number of carbonyl (C=O) groups excluding carboxylic acids is 1. The van der Waals surface area contributed by atoms with Crippen molar-refractivity contribution in [3.05, 3.63) is 33.3 Å². The Morgan fingerprint density at radius 2 is 2.05 bits per heavy atom. The number of hydrogen-bond donors (Lipinski definition) is 2. The number of amides is 2. The maximum Gasteiger partial charge on any atom is 0.319 e. The number of hydrogen-bond acceptors (Lipinski definition) is 4. The topological polar surface area (TPSA) is 87.5 Å². The second kappa shape index (κ2) is 8.43. The first-order chi connectivity index (χ1) is 9.97. The average Bonchev–Trinajstić information content (AvgIpc) is 2.45. The molecule has 8 heteroatoms. The van der Waals surface area contributed by atoms with Crippen LogP contribution in [0.15, 0.2) is 18.2 Å². The van der Waals surface area contributed by atoms with Crippen molar-refractivity contribution in [3.8, 4) is 0 Å². The summed E-state index contributed by atoms with van der Waals surface area (Å²) in [7, 11) is 0. The van der Waals surface area contributed by atoms with Gasteiger partial charge in [0.1, 0.15) is 5.02 Å². The van der Waals surface area contributed by atoms with E-state index in [1.807, 2.05) is 0 Å². The van der Waals surface area contributed by atoms with Crippen LogP contribution in [-0.4, -0.2) is 42.0 Å². The summed E-state index contributed by atoms with van der Waals surface area (Å²) in [6.07, 6.45) is 0. The minimum atomic E-state index is -0.591. The molecule has 7 nitrogen and oxygen atoms in total. The van der Waals surface area contributed by atoms with Crippen molar-refractivity contribution in [1.29, 1.82) is 0 Å². The van der Waals surface area contributed by atoms with Gasteiger partial charge in [-0.3, -0.25) is 10.1 Å². The van der Waals surface area contributed by atoms with Crippen molar-refractivity contribution in [2.75, 3.05) is 31.5 Å². The van der Waals surface area contributed by atoms with E-state index in [1.54, 1.807) is 0 Å². The maximum atomic E-state index is 11.7. The summed E-state index contributed by atoms with van der Waals surface area (Å²) in [4.78, 5) is 24.0. The number of carbonyl (C=O) groups is 1. The van der Waals surface area contributed by atoms with Crippen LogP contribution < -0.4 is 10.6 Å². The molecule has 0 spiro atoms. The van der Waals surface area contributed by atoms with E-state index in [4.69, 9.17) is 11.6 Å². The lowest BCUT2D eigenvalue weighted by Crippen LogP contribution is -2.36.